The van der Waals surface area contributed by atoms with Gasteiger partial charge in [-0.2, -0.15) is 0 Å². The summed E-state index contributed by atoms with van der Waals surface area (Å²) >= 11 is 0. The van der Waals surface area contributed by atoms with Crippen molar-refractivity contribution < 1.29 is 14.2 Å². The number of nitrogens with one attached hydrogen (secondary N) is 1. The van der Waals surface area contributed by atoms with Gasteiger partial charge in [0.1, 0.15) is 17.2 Å². The Morgan fingerprint density at radius 2 is 1.41 bits per heavy atom. The van der Waals surface area contributed by atoms with Crippen molar-refractivity contribution in [2.75, 3.05) is 27.9 Å². The average molecular weight is 301 g/mol. The second-order valence-electron chi connectivity index (χ2n) is 5.00. The molecule has 0 aliphatic carbocycles. The first-order valence-electron chi connectivity index (χ1n) is 7.30. The van der Waals surface area contributed by atoms with E-state index < -0.39 is 0 Å². The maximum absolute atomic E-state index is 5.28. The van der Waals surface area contributed by atoms with Gasteiger partial charge in [-0.1, -0.05) is 12.1 Å². The number of rotatable bonds is 8. The Bertz CT molecular complexity index is 576. The highest BCUT2D eigenvalue weighted by molar-refractivity contribution is 5.38. The largest absolute Gasteiger partial charge is 0.497 e. The van der Waals surface area contributed by atoms with Crippen LogP contribution in [0.5, 0.6) is 17.2 Å². The van der Waals surface area contributed by atoms with Crippen molar-refractivity contribution in [1.29, 1.82) is 0 Å². The first kappa shape index (κ1) is 16.2. The van der Waals surface area contributed by atoms with Gasteiger partial charge >= 0.3 is 0 Å². The highest BCUT2D eigenvalue weighted by Crippen LogP contribution is 2.22. The lowest BCUT2D eigenvalue weighted by atomic mass is 10.1. The number of ether oxygens (including phenoxy) is 3. The van der Waals surface area contributed by atoms with Crippen molar-refractivity contribution >= 4 is 0 Å². The minimum Gasteiger partial charge on any atom is -0.497 e. The fourth-order valence-electron chi connectivity index (χ4n) is 2.26. The van der Waals surface area contributed by atoms with Crippen LogP contribution in [0, 0.1) is 0 Å². The maximum atomic E-state index is 5.28. The monoisotopic (exact) mass is 301 g/mol. The van der Waals surface area contributed by atoms with Crippen LogP contribution in [0.1, 0.15) is 11.1 Å². The van der Waals surface area contributed by atoms with Crippen LogP contribution in [0.2, 0.25) is 0 Å². The van der Waals surface area contributed by atoms with E-state index in [0.29, 0.717) is 0 Å². The zero-order valence-electron chi connectivity index (χ0n) is 13.4. The minimum atomic E-state index is 0.775. The number of hydrogen-bond acceptors (Lipinski definition) is 4. The summed E-state index contributed by atoms with van der Waals surface area (Å²) in [6.45, 7) is 1.67. The molecule has 0 aliphatic rings. The zero-order chi connectivity index (χ0) is 15.8. The Hall–Kier alpha value is -2.20. The standard InChI is InChI=1S/C18H23NO3/c1-20-16-6-4-5-14(9-16)7-8-19-13-15-10-17(21-2)12-18(11-15)22-3/h4-6,9-12,19H,7-8,13H2,1-3H3. The minimum absolute atomic E-state index is 0.775. The predicted molar refractivity (Wildman–Crippen MR) is 88.0 cm³/mol. The van der Waals surface area contributed by atoms with Crippen LogP contribution in [0.4, 0.5) is 0 Å². The van der Waals surface area contributed by atoms with Gasteiger partial charge in [-0.15, -0.1) is 0 Å². The quantitative estimate of drug-likeness (QED) is 0.761. The van der Waals surface area contributed by atoms with Gasteiger partial charge in [0.25, 0.3) is 0 Å². The molecule has 0 aromatic heterocycles. The van der Waals surface area contributed by atoms with E-state index in [2.05, 4.69) is 17.4 Å². The molecule has 2 aromatic rings. The van der Waals surface area contributed by atoms with Crippen LogP contribution < -0.4 is 19.5 Å². The van der Waals surface area contributed by atoms with Crippen LogP contribution in [0.3, 0.4) is 0 Å². The third-order valence-corrected chi connectivity index (χ3v) is 3.46. The topological polar surface area (TPSA) is 39.7 Å². The molecule has 118 valence electrons. The highest BCUT2D eigenvalue weighted by atomic mass is 16.5. The molecule has 0 radical (unpaired) electrons. The molecule has 22 heavy (non-hydrogen) atoms. The van der Waals surface area contributed by atoms with Gasteiger partial charge in [0, 0.05) is 12.6 Å². The molecule has 0 heterocycles. The van der Waals surface area contributed by atoms with E-state index in [1.807, 2.05) is 30.3 Å². The fraction of sp³-hybridized carbons (Fsp3) is 0.333. The van der Waals surface area contributed by atoms with Gasteiger partial charge < -0.3 is 19.5 Å². The summed E-state index contributed by atoms with van der Waals surface area (Å²) in [5.74, 6) is 2.52. The van der Waals surface area contributed by atoms with E-state index in [9.17, 15) is 0 Å². The van der Waals surface area contributed by atoms with Crippen molar-refractivity contribution in [3.8, 4) is 17.2 Å². The fourth-order valence-corrected chi connectivity index (χ4v) is 2.26. The normalized spacial score (nSPS) is 10.3. The van der Waals surface area contributed by atoms with Crippen LogP contribution in [0.15, 0.2) is 42.5 Å². The van der Waals surface area contributed by atoms with E-state index in [1.54, 1.807) is 21.3 Å². The van der Waals surface area contributed by atoms with Crippen molar-refractivity contribution in [3.05, 3.63) is 53.6 Å². The Morgan fingerprint density at radius 3 is 2.05 bits per heavy atom. The van der Waals surface area contributed by atoms with Gasteiger partial charge in [-0.25, -0.2) is 0 Å². The summed E-state index contributed by atoms with van der Waals surface area (Å²) in [7, 11) is 5.01. The third kappa shape index (κ3) is 4.67. The molecule has 0 unspecified atom stereocenters. The molecule has 0 bridgehead atoms. The Balaban J connectivity index is 1.85. The summed E-state index contributed by atoms with van der Waals surface area (Å²) in [6, 6.07) is 14.1. The molecule has 1 N–H and O–H groups in total. The third-order valence-electron chi connectivity index (χ3n) is 3.46. The molecule has 2 aromatic carbocycles. The number of benzene rings is 2. The van der Waals surface area contributed by atoms with Crippen molar-refractivity contribution in [2.24, 2.45) is 0 Å². The molecular weight excluding hydrogens is 278 g/mol. The number of hydrogen-bond donors (Lipinski definition) is 1. The molecule has 2 rings (SSSR count). The van der Waals surface area contributed by atoms with Crippen LogP contribution in [-0.4, -0.2) is 27.9 Å². The molecule has 4 heteroatoms. The lowest BCUT2D eigenvalue weighted by Gasteiger charge is -2.10. The Morgan fingerprint density at radius 1 is 0.773 bits per heavy atom. The van der Waals surface area contributed by atoms with E-state index in [-0.39, 0.29) is 0 Å². The predicted octanol–water partition coefficient (Wildman–Crippen LogP) is 3.04. The number of methoxy groups -OCH3 is 3. The van der Waals surface area contributed by atoms with Crippen molar-refractivity contribution in [2.45, 2.75) is 13.0 Å². The molecule has 0 spiro atoms. The molecule has 0 fully saturated rings. The summed E-state index contributed by atoms with van der Waals surface area (Å²) < 4.78 is 15.8. The first-order valence-corrected chi connectivity index (χ1v) is 7.30. The summed E-state index contributed by atoms with van der Waals surface area (Å²) in [4.78, 5) is 0. The van der Waals surface area contributed by atoms with E-state index >= 15 is 0 Å². The molecule has 0 saturated heterocycles. The van der Waals surface area contributed by atoms with Gasteiger partial charge in [0.2, 0.25) is 0 Å². The van der Waals surface area contributed by atoms with Crippen LogP contribution >= 0.6 is 0 Å². The van der Waals surface area contributed by atoms with E-state index in [1.165, 1.54) is 5.56 Å². The smallest absolute Gasteiger partial charge is 0.122 e. The second-order valence-corrected chi connectivity index (χ2v) is 5.00. The SMILES string of the molecule is COc1cccc(CCNCc2cc(OC)cc(OC)c2)c1. The lowest BCUT2D eigenvalue weighted by molar-refractivity contribution is 0.393. The van der Waals surface area contributed by atoms with Crippen molar-refractivity contribution in [1.82, 2.24) is 5.32 Å². The molecule has 4 nitrogen and oxygen atoms in total. The molecule has 0 amide bonds. The Kier molecular flexibility index (Phi) is 6.10. The molecular formula is C18H23NO3. The maximum Gasteiger partial charge on any atom is 0.122 e. The molecule has 0 saturated carbocycles. The summed E-state index contributed by atoms with van der Waals surface area (Å²) in [5.41, 5.74) is 2.40. The Labute approximate surface area is 132 Å². The van der Waals surface area contributed by atoms with E-state index in [0.717, 1.165) is 42.3 Å². The van der Waals surface area contributed by atoms with Gasteiger partial charge in [-0.05, 0) is 48.4 Å². The highest BCUT2D eigenvalue weighted by Gasteiger charge is 2.02. The molecule has 0 aliphatic heterocycles. The molecule has 0 atom stereocenters. The van der Waals surface area contributed by atoms with Crippen molar-refractivity contribution in [3.63, 3.8) is 0 Å². The van der Waals surface area contributed by atoms with E-state index in [4.69, 9.17) is 14.2 Å². The average Bonchev–Trinajstić information content (AvgIpc) is 2.58. The lowest BCUT2D eigenvalue weighted by Crippen LogP contribution is -2.16. The first-order chi connectivity index (χ1) is 10.7. The van der Waals surface area contributed by atoms with Gasteiger partial charge in [0.15, 0.2) is 0 Å². The summed E-state index contributed by atoms with van der Waals surface area (Å²) in [5, 5.41) is 3.44. The van der Waals surface area contributed by atoms with Crippen LogP contribution in [0.25, 0.3) is 0 Å². The van der Waals surface area contributed by atoms with Crippen LogP contribution in [-0.2, 0) is 13.0 Å². The van der Waals surface area contributed by atoms with Gasteiger partial charge in [-0.3, -0.25) is 0 Å². The van der Waals surface area contributed by atoms with Gasteiger partial charge in [0.05, 0.1) is 21.3 Å². The second kappa shape index (κ2) is 8.29. The zero-order valence-corrected chi connectivity index (χ0v) is 13.4. The summed E-state index contributed by atoms with van der Waals surface area (Å²) in [6.07, 6.45) is 0.957.